The lowest BCUT2D eigenvalue weighted by Gasteiger charge is -2.23. The molecule has 0 aliphatic carbocycles. The number of oxime groups is 1. The number of nitrogens with one attached hydrogen (secondary N) is 1. The Morgan fingerprint density at radius 1 is 1.58 bits per heavy atom. The first-order chi connectivity index (χ1) is 5.52. The molecule has 0 radical (unpaired) electrons. The molecule has 0 rings (SSSR count). The second-order valence-electron chi connectivity index (χ2n) is 3.31. The van der Waals surface area contributed by atoms with E-state index in [-0.39, 0.29) is 18.0 Å². The Kier molecular flexibility index (Phi) is 4.61. The van der Waals surface area contributed by atoms with Gasteiger partial charge in [0.2, 0.25) is 0 Å². The summed E-state index contributed by atoms with van der Waals surface area (Å²) in [5, 5.41) is 22.9. The summed E-state index contributed by atoms with van der Waals surface area (Å²) in [6.07, 6.45) is 0.472. The highest BCUT2D eigenvalue weighted by atomic mass is 16.4. The molecule has 72 valence electrons. The van der Waals surface area contributed by atoms with Gasteiger partial charge in [0.1, 0.15) is 5.84 Å². The van der Waals surface area contributed by atoms with Crippen LogP contribution in [0.1, 0.15) is 20.3 Å². The number of amidine groups is 1. The van der Waals surface area contributed by atoms with Crippen LogP contribution < -0.4 is 11.1 Å². The molecule has 12 heavy (non-hydrogen) atoms. The average molecular weight is 175 g/mol. The van der Waals surface area contributed by atoms with E-state index in [0.717, 1.165) is 0 Å². The van der Waals surface area contributed by atoms with Crippen molar-refractivity contribution >= 4 is 5.84 Å². The number of hydrogen-bond donors (Lipinski definition) is 4. The molecular weight excluding hydrogens is 158 g/mol. The van der Waals surface area contributed by atoms with Crippen LogP contribution in [0.2, 0.25) is 0 Å². The van der Waals surface area contributed by atoms with Crippen LogP contribution in [-0.4, -0.2) is 34.8 Å². The molecule has 0 saturated carbocycles. The Hall–Kier alpha value is -0.810. The number of hydrogen-bond acceptors (Lipinski definition) is 4. The van der Waals surface area contributed by atoms with E-state index in [9.17, 15) is 0 Å². The van der Waals surface area contributed by atoms with E-state index in [4.69, 9.17) is 16.0 Å². The van der Waals surface area contributed by atoms with E-state index in [2.05, 4.69) is 10.5 Å². The summed E-state index contributed by atoms with van der Waals surface area (Å²) >= 11 is 0. The van der Waals surface area contributed by atoms with E-state index in [0.29, 0.717) is 13.0 Å². The van der Waals surface area contributed by atoms with Crippen LogP contribution in [0.15, 0.2) is 5.16 Å². The summed E-state index contributed by atoms with van der Waals surface area (Å²) in [6, 6.07) is 0. The Morgan fingerprint density at radius 3 is 2.58 bits per heavy atom. The molecule has 0 bridgehead atoms. The number of nitrogens with two attached hydrogens (primary N) is 1. The Labute approximate surface area is 72.3 Å². The second kappa shape index (κ2) is 4.95. The van der Waals surface area contributed by atoms with E-state index in [1.807, 2.05) is 13.8 Å². The molecule has 5 heteroatoms. The third-order valence-electron chi connectivity index (χ3n) is 1.51. The first-order valence-corrected chi connectivity index (χ1v) is 3.84. The summed E-state index contributed by atoms with van der Waals surface area (Å²) in [6.45, 7) is 4.39. The predicted octanol–water partition coefficient (Wildman–Crippen LogP) is -0.517. The molecule has 0 aromatic rings. The maximum atomic E-state index is 8.84. The SMILES string of the molecule is CC(C)(CO)NCCC(N)=NO. The lowest BCUT2D eigenvalue weighted by Crippen LogP contribution is -2.43. The number of rotatable bonds is 5. The molecular formula is C7H17N3O2. The molecule has 5 N–H and O–H groups in total. The van der Waals surface area contributed by atoms with Crippen molar-refractivity contribution in [2.24, 2.45) is 10.9 Å². The zero-order valence-electron chi connectivity index (χ0n) is 7.54. The number of aliphatic hydroxyl groups excluding tert-OH is 1. The zero-order chi connectivity index (χ0) is 9.61. The summed E-state index contributed by atoms with van der Waals surface area (Å²) in [5.41, 5.74) is 4.93. The second-order valence-corrected chi connectivity index (χ2v) is 3.31. The number of nitrogens with zero attached hydrogens (tertiary/aromatic N) is 1. The minimum absolute atomic E-state index is 0.0587. The van der Waals surface area contributed by atoms with Gasteiger partial charge in [0.05, 0.1) is 6.61 Å². The van der Waals surface area contributed by atoms with Crippen molar-refractivity contribution in [2.45, 2.75) is 25.8 Å². The zero-order valence-corrected chi connectivity index (χ0v) is 7.54. The first-order valence-electron chi connectivity index (χ1n) is 3.84. The molecule has 0 unspecified atom stereocenters. The fraction of sp³-hybridized carbons (Fsp3) is 0.857. The predicted molar refractivity (Wildman–Crippen MR) is 47.2 cm³/mol. The molecule has 0 fully saturated rings. The summed E-state index contributed by atoms with van der Waals surface area (Å²) < 4.78 is 0. The van der Waals surface area contributed by atoms with Gasteiger partial charge in [-0.25, -0.2) is 0 Å². The Morgan fingerprint density at radius 2 is 2.17 bits per heavy atom. The third-order valence-corrected chi connectivity index (χ3v) is 1.51. The van der Waals surface area contributed by atoms with Gasteiger partial charge in [-0.1, -0.05) is 5.16 Å². The van der Waals surface area contributed by atoms with Crippen molar-refractivity contribution < 1.29 is 10.3 Å². The molecule has 0 aliphatic rings. The molecule has 0 atom stereocenters. The van der Waals surface area contributed by atoms with Crippen molar-refractivity contribution in [1.29, 1.82) is 0 Å². The van der Waals surface area contributed by atoms with Crippen LogP contribution in [0, 0.1) is 0 Å². The molecule has 0 heterocycles. The first kappa shape index (κ1) is 11.2. The van der Waals surface area contributed by atoms with E-state index in [1.54, 1.807) is 0 Å². The quantitative estimate of drug-likeness (QED) is 0.196. The lowest BCUT2D eigenvalue weighted by molar-refractivity contribution is 0.190. The molecule has 0 amide bonds. The van der Waals surface area contributed by atoms with E-state index < -0.39 is 0 Å². The Bertz CT molecular complexity index is 157. The lowest BCUT2D eigenvalue weighted by atomic mass is 10.1. The molecule has 0 aromatic carbocycles. The molecule has 0 aliphatic heterocycles. The van der Waals surface area contributed by atoms with Gasteiger partial charge in [0, 0.05) is 18.5 Å². The van der Waals surface area contributed by atoms with Crippen LogP contribution >= 0.6 is 0 Å². The minimum Gasteiger partial charge on any atom is -0.409 e. The van der Waals surface area contributed by atoms with Gasteiger partial charge < -0.3 is 21.4 Å². The highest BCUT2D eigenvalue weighted by Crippen LogP contribution is 1.98. The standard InChI is InChI=1S/C7H17N3O2/c1-7(2,5-11)9-4-3-6(8)10-12/h9,11-12H,3-5H2,1-2H3,(H2,8,10). The fourth-order valence-corrected chi connectivity index (χ4v) is 0.635. The smallest absolute Gasteiger partial charge is 0.140 e. The van der Waals surface area contributed by atoms with Crippen LogP contribution in [0.4, 0.5) is 0 Å². The van der Waals surface area contributed by atoms with Crippen molar-refractivity contribution in [2.75, 3.05) is 13.2 Å². The highest BCUT2D eigenvalue weighted by molar-refractivity contribution is 5.79. The van der Waals surface area contributed by atoms with Gasteiger partial charge >= 0.3 is 0 Å². The molecule has 5 nitrogen and oxygen atoms in total. The van der Waals surface area contributed by atoms with Gasteiger partial charge in [0.15, 0.2) is 0 Å². The van der Waals surface area contributed by atoms with E-state index in [1.165, 1.54) is 0 Å². The van der Waals surface area contributed by atoms with Crippen LogP contribution in [0.25, 0.3) is 0 Å². The third kappa shape index (κ3) is 4.92. The van der Waals surface area contributed by atoms with Gasteiger partial charge in [-0.3, -0.25) is 0 Å². The fourth-order valence-electron chi connectivity index (χ4n) is 0.635. The topological polar surface area (TPSA) is 90.9 Å². The normalized spacial score (nSPS) is 13.4. The summed E-state index contributed by atoms with van der Waals surface area (Å²) in [4.78, 5) is 0. The molecule has 0 saturated heterocycles. The minimum atomic E-state index is -0.310. The Balaban J connectivity index is 3.56. The van der Waals surface area contributed by atoms with Crippen molar-refractivity contribution in [3.63, 3.8) is 0 Å². The van der Waals surface area contributed by atoms with E-state index >= 15 is 0 Å². The van der Waals surface area contributed by atoms with Gasteiger partial charge in [-0.15, -0.1) is 0 Å². The van der Waals surface area contributed by atoms with Crippen molar-refractivity contribution in [3.8, 4) is 0 Å². The maximum Gasteiger partial charge on any atom is 0.140 e. The molecule has 0 aromatic heterocycles. The summed E-state index contributed by atoms with van der Waals surface area (Å²) in [7, 11) is 0. The monoisotopic (exact) mass is 175 g/mol. The maximum absolute atomic E-state index is 8.84. The summed E-state index contributed by atoms with van der Waals surface area (Å²) in [5.74, 6) is 0.191. The van der Waals surface area contributed by atoms with Crippen molar-refractivity contribution in [3.05, 3.63) is 0 Å². The largest absolute Gasteiger partial charge is 0.409 e. The van der Waals surface area contributed by atoms with Gasteiger partial charge in [-0.2, -0.15) is 0 Å². The highest BCUT2D eigenvalue weighted by Gasteiger charge is 2.14. The van der Waals surface area contributed by atoms with Gasteiger partial charge in [-0.05, 0) is 13.8 Å². The van der Waals surface area contributed by atoms with Crippen LogP contribution in [-0.2, 0) is 0 Å². The average Bonchev–Trinajstić information content (AvgIpc) is 2.04. The van der Waals surface area contributed by atoms with Gasteiger partial charge in [0.25, 0.3) is 0 Å². The number of aliphatic hydroxyl groups is 1. The van der Waals surface area contributed by atoms with Crippen LogP contribution in [0.5, 0.6) is 0 Å². The van der Waals surface area contributed by atoms with Crippen molar-refractivity contribution in [1.82, 2.24) is 5.32 Å². The molecule has 0 spiro atoms. The van der Waals surface area contributed by atoms with Crippen LogP contribution in [0.3, 0.4) is 0 Å².